The lowest BCUT2D eigenvalue weighted by Gasteiger charge is -2.14. The summed E-state index contributed by atoms with van der Waals surface area (Å²) in [4.78, 5) is 12.6. The van der Waals surface area contributed by atoms with E-state index in [1.165, 1.54) is 54.6 Å². The monoisotopic (exact) mass is 567 g/mol. The number of benzene rings is 2. The number of fused-ring (bicyclic) bond motifs is 1. The second-order valence-corrected chi connectivity index (χ2v) is 11.2. The first-order valence-electron chi connectivity index (χ1n) is 10.7. The molecule has 0 radical (unpaired) electrons. The Labute approximate surface area is 215 Å². The fraction of sp³-hybridized carbons (Fsp3) is 0.136. The number of alkyl halides is 3. The van der Waals surface area contributed by atoms with E-state index in [9.17, 15) is 30.0 Å². The van der Waals surface area contributed by atoms with E-state index in [0.29, 0.717) is 11.1 Å². The van der Waals surface area contributed by atoms with Gasteiger partial charge in [-0.15, -0.1) is 0 Å². The number of sulfonamides is 2. The summed E-state index contributed by atoms with van der Waals surface area (Å²) in [6.07, 6.45) is -4.54. The molecular formula is C22H20F3N7O4S2. The van der Waals surface area contributed by atoms with Crippen LogP contribution in [0.4, 0.5) is 24.9 Å². The van der Waals surface area contributed by atoms with E-state index >= 15 is 0 Å². The van der Waals surface area contributed by atoms with Crippen molar-refractivity contribution in [1.82, 2.24) is 15.0 Å². The van der Waals surface area contributed by atoms with E-state index < -0.39 is 32.8 Å². The van der Waals surface area contributed by atoms with Gasteiger partial charge in [0, 0.05) is 12.1 Å². The third kappa shape index (κ3) is 6.71. The van der Waals surface area contributed by atoms with Gasteiger partial charge < -0.3 is 10.6 Å². The molecule has 2 heterocycles. The largest absolute Gasteiger partial charge is 0.405 e. The third-order valence-corrected chi connectivity index (χ3v) is 7.00. The predicted molar refractivity (Wildman–Crippen MR) is 134 cm³/mol. The van der Waals surface area contributed by atoms with Crippen molar-refractivity contribution in [3.8, 4) is 11.3 Å². The van der Waals surface area contributed by atoms with Crippen molar-refractivity contribution >= 4 is 42.8 Å². The van der Waals surface area contributed by atoms with Crippen LogP contribution in [0.1, 0.15) is 5.56 Å². The van der Waals surface area contributed by atoms with Crippen LogP contribution in [0.15, 0.2) is 70.5 Å². The number of aromatic nitrogens is 3. The highest BCUT2D eigenvalue weighted by atomic mass is 32.2. The van der Waals surface area contributed by atoms with Crippen LogP contribution >= 0.6 is 0 Å². The molecule has 4 rings (SSSR count). The van der Waals surface area contributed by atoms with Crippen molar-refractivity contribution in [2.45, 2.75) is 22.5 Å². The highest BCUT2D eigenvalue weighted by Crippen LogP contribution is 2.27. The Balaban J connectivity index is 1.68. The average Bonchev–Trinajstić information content (AvgIpc) is 2.84. The molecule has 2 aromatic carbocycles. The maximum Gasteiger partial charge on any atom is 0.405 e. The first-order chi connectivity index (χ1) is 17.7. The van der Waals surface area contributed by atoms with Crippen molar-refractivity contribution in [1.29, 1.82) is 0 Å². The highest BCUT2D eigenvalue weighted by molar-refractivity contribution is 7.89. The number of hydrogen-bond acceptors (Lipinski definition) is 9. The van der Waals surface area contributed by atoms with E-state index in [2.05, 4.69) is 25.6 Å². The Bertz CT molecular complexity index is 1710. The second-order valence-electron chi connectivity index (χ2n) is 8.04. The van der Waals surface area contributed by atoms with Gasteiger partial charge in [0.05, 0.1) is 21.0 Å². The maximum absolute atomic E-state index is 13.0. The molecule has 0 saturated heterocycles. The molecule has 11 nitrogen and oxygen atoms in total. The molecule has 6 N–H and O–H groups in total. The number of rotatable bonds is 8. The zero-order valence-electron chi connectivity index (χ0n) is 19.3. The lowest BCUT2D eigenvalue weighted by atomic mass is 10.1. The van der Waals surface area contributed by atoms with Gasteiger partial charge in [-0.1, -0.05) is 24.3 Å². The molecule has 0 bridgehead atoms. The number of pyridine rings is 1. The number of primary sulfonamides is 2. The van der Waals surface area contributed by atoms with Gasteiger partial charge in [0.2, 0.25) is 26.0 Å². The number of anilines is 2. The Morgan fingerprint density at radius 1 is 0.789 bits per heavy atom. The molecule has 16 heteroatoms. The minimum absolute atomic E-state index is 0.0107. The molecule has 0 aliphatic carbocycles. The van der Waals surface area contributed by atoms with Gasteiger partial charge in [-0.3, -0.25) is 0 Å². The molecule has 0 spiro atoms. The van der Waals surface area contributed by atoms with E-state index in [-0.39, 0.29) is 44.8 Å². The SMILES string of the molecule is NS(=O)(=O)c1ccc(CNc2nc(NCC(F)(F)F)c3nc(-c4cccc(S(N)(=O)=O)c4)ccc3n2)cc1. The first-order valence-corrected chi connectivity index (χ1v) is 13.8. The number of nitrogens with zero attached hydrogens (tertiary/aromatic N) is 3. The van der Waals surface area contributed by atoms with Crippen molar-refractivity contribution in [3.63, 3.8) is 0 Å². The zero-order valence-corrected chi connectivity index (χ0v) is 20.9. The lowest BCUT2D eigenvalue weighted by Crippen LogP contribution is -2.22. The molecule has 0 saturated carbocycles. The minimum Gasteiger partial charge on any atom is -0.359 e. The summed E-state index contributed by atoms with van der Waals surface area (Å²) in [5.41, 5.74) is 1.50. The van der Waals surface area contributed by atoms with Crippen LogP contribution in [0.25, 0.3) is 22.3 Å². The standard InChI is InChI=1S/C22H20F3N7O4S2/c23-22(24,25)12-29-20-19-18(9-8-17(30-19)14-2-1-3-16(10-14)38(27,35)36)31-21(32-20)28-11-13-4-6-15(7-5-13)37(26,33)34/h1-10H,11-12H2,(H2,26,33,34)(H2,27,35,36)(H2,28,29,31,32). The van der Waals surface area contributed by atoms with Gasteiger partial charge in [-0.05, 0) is 42.0 Å². The quantitative estimate of drug-likeness (QED) is 0.249. The first kappa shape index (κ1) is 27.2. The Kier molecular flexibility index (Phi) is 7.24. The van der Waals surface area contributed by atoms with Gasteiger partial charge in [0.25, 0.3) is 0 Å². The number of nitrogens with one attached hydrogen (secondary N) is 2. The van der Waals surface area contributed by atoms with Gasteiger partial charge in [0.1, 0.15) is 12.1 Å². The minimum atomic E-state index is -4.54. The number of halogens is 3. The molecule has 0 unspecified atom stereocenters. The van der Waals surface area contributed by atoms with Gasteiger partial charge in [0.15, 0.2) is 5.82 Å². The molecule has 38 heavy (non-hydrogen) atoms. The summed E-state index contributed by atoms with van der Waals surface area (Å²) in [5.74, 6) is -0.215. The smallest absolute Gasteiger partial charge is 0.359 e. The van der Waals surface area contributed by atoms with Crippen LogP contribution in [0.2, 0.25) is 0 Å². The molecule has 2 aromatic heterocycles. The van der Waals surface area contributed by atoms with Crippen molar-refractivity contribution in [2.24, 2.45) is 10.3 Å². The summed E-state index contributed by atoms with van der Waals surface area (Å²) >= 11 is 0. The lowest BCUT2D eigenvalue weighted by molar-refractivity contribution is -0.115. The molecule has 0 aliphatic rings. The Morgan fingerprint density at radius 2 is 1.47 bits per heavy atom. The summed E-state index contributed by atoms with van der Waals surface area (Å²) in [7, 11) is -7.84. The van der Waals surface area contributed by atoms with Crippen LogP contribution in [0.3, 0.4) is 0 Å². The van der Waals surface area contributed by atoms with Crippen LogP contribution in [0, 0.1) is 0 Å². The summed E-state index contributed by atoms with van der Waals surface area (Å²) < 4.78 is 85.1. The molecular weight excluding hydrogens is 547 g/mol. The Morgan fingerprint density at radius 3 is 2.11 bits per heavy atom. The molecule has 0 fully saturated rings. The van der Waals surface area contributed by atoms with Gasteiger partial charge in [-0.25, -0.2) is 37.1 Å². The maximum atomic E-state index is 13.0. The van der Waals surface area contributed by atoms with E-state index in [1.54, 1.807) is 6.07 Å². The van der Waals surface area contributed by atoms with Crippen LogP contribution in [-0.4, -0.2) is 44.5 Å². The van der Waals surface area contributed by atoms with Gasteiger partial charge in [-0.2, -0.15) is 18.2 Å². The Hall–Kier alpha value is -3.86. The van der Waals surface area contributed by atoms with Crippen LogP contribution in [0.5, 0.6) is 0 Å². The predicted octanol–water partition coefficient (Wildman–Crippen LogP) is 2.57. The highest BCUT2D eigenvalue weighted by Gasteiger charge is 2.27. The van der Waals surface area contributed by atoms with Gasteiger partial charge >= 0.3 is 6.18 Å². The van der Waals surface area contributed by atoms with E-state index in [4.69, 9.17) is 10.3 Å². The van der Waals surface area contributed by atoms with Crippen molar-refractivity contribution in [2.75, 3.05) is 17.2 Å². The molecule has 4 aromatic rings. The topological polar surface area (TPSA) is 183 Å². The fourth-order valence-electron chi connectivity index (χ4n) is 3.37. The summed E-state index contributed by atoms with van der Waals surface area (Å²) in [5, 5.41) is 15.4. The second kappa shape index (κ2) is 10.1. The van der Waals surface area contributed by atoms with Crippen molar-refractivity contribution in [3.05, 3.63) is 66.2 Å². The van der Waals surface area contributed by atoms with E-state index in [1.807, 2.05) is 0 Å². The number of hydrogen-bond donors (Lipinski definition) is 4. The van der Waals surface area contributed by atoms with Crippen LogP contribution in [-0.2, 0) is 26.6 Å². The van der Waals surface area contributed by atoms with Crippen molar-refractivity contribution < 1.29 is 30.0 Å². The summed E-state index contributed by atoms with van der Waals surface area (Å²) in [6.45, 7) is -1.26. The molecule has 200 valence electrons. The van der Waals surface area contributed by atoms with E-state index in [0.717, 1.165) is 0 Å². The fourth-order valence-corrected chi connectivity index (χ4v) is 4.45. The van der Waals surface area contributed by atoms with Crippen LogP contribution < -0.4 is 20.9 Å². The zero-order chi connectivity index (χ0) is 27.7. The molecule has 0 atom stereocenters. The number of nitrogens with two attached hydrogens (primary N) is 2. The third-order valence-electron chi connectivity index (χ3n) is 5.16. The normalized spacial score (nSPS) is 12.4. The molecule has 0 aliphatic heterocycles. The summed E-state index contributed by atoms with van der Waals surface area (Å²) in [6, 6.07) is 14.3. The molecule has 0 amide bonds. The average molecular weight is 568 g/mol.